The Hall–Kier alpha value is -1.24. The van der Waals surface area contributed by atoms with Gasteiger partial charge in [-0.15, -0.1) is 0 Å². The molecule has 0 fully saturated rings. The predicted octanol–water partition coefficient (Wildman–Crippen LogP) is 1.44. The Morgan fingerprint density at radius 3 is 2.76 bits per heavy atom. The van der Waals surface area contributed by atoms with E-state index < -0.39 is 0 Å². The van der Waals surface area contributed by atoms with Gasteiger partial charge in [0.1, 0.15) is 6.04 Å². The minimum absolute atomic E-state index is 0.184. The number of nitrogens with zero attached hydrogens (tertiary/aromatic N) is 3. The molecule has 0 amide bonds. The fraction of sp³-hybridized carbons (Fsp3) is 0.273. The zero-order chi connectivity index (χ0) is 12.4. The van der Waals surface area contributed by atoms with E-state index in [-0.39, 0.29) is 6.04 Å². The highest BCUT2D eigenvalue weighted by atomic mass is 79.9. The van der Waals surface area contributed by atoms with E-state index in [2.05, 4.69) is 31.4 Å². The van der Waals surface area contributed by atoms with E-state index in [0.717, 1.165) is 21.6 Å². The van der Waals surface area contributed by atoms with Gasteiger partial charge in [0.25, 0.3) is 0 Å². The van der Waals surface area contributed by atoms with Crippen LogP contribution in [-0.4, -0.2) is 14.8 Å². The van der Waals surface area contributed by atoms with Crippen LogP contribution in [0.15, 0.2) is 28.9 Å². The first kappa shape index (κ1) is 12.2. The van der Waals surface area contributed by atoms with Crippen molar-refractivity contribution in [2.75, 3.05) is 0 Å². The number of nitrogens with one attached hydrogen (secondary N) is 1. The van der Waals surface area contributed by atoms with E-state index in [4.69, 9.17) is 5.84 Å². The molecule has 90 valence electrons. The Morgan fingerprint density at radius 2 is 2.24 bits per heavy atom. The van der Waals surface area contributed by atoms with Crippen LogP contribution in [0.1, 0.15) is 23.1 Å². The number of hydrazine groups is 1. The van der Waals surface area contributed by atoms with Crippen molar-refractivity contribution in [2.45, 2.75) is 13.0 Å². The van der Waals surface area contributed by atoms with Crippen molar-refractivity contribution in [1.82, 2.24) is 20.2 Å². The third kappa shape index (κ3) is 2.38. The predicted molar refractivity (Wildman–Crippen MR) is 69.0 cm³/mol. The van der Waals surface area contributed by atoms with Crippen molar-refractivity contribution in [2.24, 2.45) is 12.9 Å². The summed E-state index contributed by atoms with van der Waals surface area (Å²) < 4.78 is 2.68. The Bertz CT molecular complexity index is 503. The molecule has 2 rings (SSSR count). The third-order valence-electron chi connectivity index (χ3n) is 2.58. The lowest BCUT2D eigenvalue weighted by Gasteiger charge is -2.16. The molecule has 0 saturated carbocycles. The maximum absolute atomic E-state index is 5.63. The molecule has 5 nitrogen and oxygen atoms in total. The molecule has 2 aromatic rings. The molecule has 0 radical (unpaired) electrons. The van der Waals surface area contributed by atoms with E-state index in [0.29, 0.717) is 0 Å². The van der Waals surface area contributed by atoms with Gasteiger partial charge in [-0.25, -0.2) is 5.43 Å². The summed E-state index contributed by atoms with van der Waals surface area (Å²) in [4.78, 5) is 4.48. The van der Waals surface area contributed by atoms with Gasteiger partial charge in [-0.05, 0) is 35.0 Å². The molecule has 0 spiro atoms. The van der Waals surface area contributed by atoms with Crippen molar-refractivity contribution in [3.8, 4) is 0 Å². The quantitative estimate of drug-likeness (QED) is 0.664. The van der Waals surface area contributed by atoms with Gasteiger partial charge < -0.3 is 0 Å². The molecular weight excluding hydrogens is 282 g/mol. The summed E-state index contributed by atoms with van der Waals surface area (Å²) in [5.74, 6) is 5.63. The van der Waals surface area contributed by atoms with Gasteiger partial charge in [0, 0.05) is 12.7 Å². The van der Waals surface area contributed by atoms with E-state index in [1.54, 1.807) is 10.9 Å². The van der Waals surface area contributed by atoms with Crippen LogP contribution >= 0.6 is 15.9 Å². The Labute approximate surface area is 108 Å². The molecule has 0 aromatic carbocycles. The second-order valence-corrected chi connectivity index (χ2v) is 4.66. The number of aromatic nitrogens is 3. The number of aryl methyl sites for hydroxylation is 2. The first-order chi connectivity index (χ1) is 8.13. The maximum Gasteiger partial charge on any atom is 0.106 e. The molecule has 0 aliphatic rings. The summed E-state index contributed by atoms with van der Waals surface area (Å²) >= 11 is 3.47. The molecule has 2 heterocycles. The Kier molecular flexibility index (Phi) is 3.56. The number of nitrogens with two attached hydrogens (primary N) is 1. The summed E-state index contributed by atoms with van der Waals surface area (Å²) in [5, 5.41) is 4.18. The first-order valence-electron chi connectivity index (χ1n) is 5.20. The molecule has 0 aliphatic carbocycles. The van der Waals surface area contributed by atoms with Gasteiger partial charge in [-0.3, -0.25) is 15.5 Å². The minimum Gasteiger partial charge on any atom is -0.270 e. The zero-order valence-electron chi connectivity index (χ0n) is 9.68. The monoisotopic (exact) mass is 295 g/mol. The van der Waals surface area contributed by atoms with E-state index in [9.17, 15) is 0 Å². The molecule has 6 heteroatoms. The minimum atomic E-state index is -0.184. The lowest BCUT2D eigenvalue weighted by molar-refractivity contribution is 0.561. The van der Waals surface area contributed by atoms with Crippen LogP contribution in [0.2, 0.25) is 0 Å². The largest absolute Gasteiger partial charge is 0.270 e. The molecule has 2 aromatic heterocycles. The van der Waals surface area contributed by atoms with E-state index in [1.165, 1.54) is 0 Å². The fourth-order valence-electron chi connectivity index (χ4n) is 1.77. The Morgan fingerprint density at radius 1 is 1.47 bits per heavy atom. The van der Waals surface area contributed by atoms with Gasteiger partial charge in [-0.1, -0.05) is 6.07 Å². The second-order valence-electron chi connectivity index (χ2n) is 3.80. The van der Waals surface area contributed by atoms with E-state index >= 15 is 0 Å². The second kappa shape index (κ2) is 4.95. The van der Waals surface area contributed by atoms with Crippen molar-refractivity contribution in [1.29, 1.82) is 0 Å². The zero-order valence-corrected chi connectivity index (χ0v) is 11.3. The highest BCUT2D eigenvalue weighted by Gasteiger charge is 2.20. The number of rotatable bonds is 3. The fourth-order valence-corrected chi connectivity index (χ4v) is 2.35. The lowest BCUT2D eigenvalue weighted by Crippen LogP contribution is -2.31. The summed E-state index contributed by atoms with van der Waals surface area (Å²) in [6.45, 7) is 1.95. The molecule has 1 atom stereocenters. The maximum atomic E-state index is 5.63. The third-order valence-corrected chi connectivity index (χ3v) is 3.19. The standard InChI is InChI=1S/C11H14BrN5/c1-7-4-3-5-9(15-7)10(16-13)11-8(12)6-14-17(11)2/h3-6,10,16H,13H2,1-2H3. The highest BCUT2D eigenvalue weighted by Crippen LogP contribution is 2.26. The van der Waals surface area contributed by atoms with Gasteiger partial charge in [0.15, 0.2) is 0 Å². The van der Waals surface area contributed by atoms with Crippen LogP contribution in [0.3, 0.4) is 0 Å². The van der Waals surface area contributed by atoms with Gasteiger partial charge >= 0.3 is 0 Å². The molecule has 1 unspecified atom stereocenters. The van der Waals surface area contributed by atoms with Crippen molar-refractivity contribution < 1.29 is 0 Å². The number of hydrogen-bond donors (Lipinski definition) is 2. The van der Waals surface area contributed by atoms with Crippen molar-refractivity contribution in [3.63, 3.8) is 0 Å². The van der Waals surface area contributed by atoms with E-state index in [1.807, 2.05) is 32.2 Å². The van der Waals surface area contributed by atoms with Crippen LogP contribution in [0.5, 0.6) is 0 Å². The van der Waals surface area contributed by atoms with Crippen molar-refractivity contribution >= 4 is 15.9 Å². The average Bonchev–Trinajstić information content (AvgIpc) is 2.62. The van der Waals surface area contributed by atoms with Gasteiger partial charge in [0.05, 0.1) is 22.1 Å². The van der Waals surface area contributed by atoms with Crippen LogP contribution in [0, 0.1) is 6.92 Å². The number of halogens is 1. The topological polar surface area (TPSA) is 68.8 Å². The molecular formula is C11H14BrN5. The van der Waals surface area contributed by atoms with Crippen LogP contribution in [0.25, 0.3) is 0 Å². The number of hydrogen-bond acceptors (Lipinski definition) is 4. The molecule has 0 saturated heterocycles. The van der Waals surface area contributed by atoms with Gasteiger partial charge in [-0.2, -0.15) is 5.10 Å². The summed E-state index contributed by atoms with van der Waals surface area (Å²) in [6.07, 6.45) is 1.75. The molecule has 17 heavy (non-hydrogen) atoms. The van der Waals surface area contributed by atoms with Crippen LogP contribution in [0.4, 0.5) is 0 Å². The average molecular weight is 296 g/mol. The summed E-state index contributed by atoms with van der Waals surface area (Å²) in [5.41, 5.74) is 5.56. The van der Waals surface area contributed by atoms with Crippen molar-refractivity contribution in [3.05, 3.63) is 46.0 Å². The summed E-state index contributed by atoms with van der Waals surface area (Å²) in [6, 6.07) is 5.68. The molecule has 0 aliphatic heterocycles. The first-order valence-corrected chi connectivity index (χ1v) is 6.00. The lowest BCUT2D eigenvalue weighted by atomic mass is 10.1. The highest BCUT2D eigenvalue weighted by molar-refractivity contribution is 9.10. The SMILES string of the molecule is Cc1cccc(C(NN)c2c(Br)cnn2C)n1. The normalized spacial score (nSPS) is 12.7. The Balaban J connectivity index is 2.47. The molecule has 0 bridgehead atoms. The smallest absolute Gasteiger partial charge is 0.106 e. The number of pyridine rings is 1. The summed E-state index contributed by atoms with van der Waals surface area (Å²) in [7, 11) is 1.88. The molecule has 3 N–H and O–H groups in total. The van der Waals surface area contributed by atoms with Crippen LogP contribution < -0.4 is 11.3 Å². The van der Waals surface area contributed by atoms with Gasteiger partial charge in [0.2, 0.25) is 0 Å². The van der Waals surface area contributed by atoms with Crippen LogP contribution in [-0.2, 0) is 7.05 Å².